The highest BCUT2D eigenvalue weighted by molar-refractivity contribution is 5.28. The van der Waals surface area contributed by atoms with Gasteiger partial charge in [0.15, 0.2) is 0 Å². The van der Waals surface area contributed by atoms with Crippen molar-refractivity contribution in [3.05, 3.63) is 17.5 Å². The van der Waals surface area contributed by atoms with E-state index in [4.69, 9.17) is 5.73 Å². The predicted molar refractivity (Wildman–Crippen MR) is 61.8 cm³/mol. The van der Waals surface area contributed by atoms with Gasteiger partial charge >= 0.3 is 0 Å². The van der Waals surface area contributed by atoms with Gasteiger partial charge in [-0.25, -0.2) is 0 Å². The van der Waals surface area contributed by atoms with Crippen molar-refractivity contribution in [2.75, 3.05) is 6.54 Å². The summed E-state index contributed by atoms with van der Waals surface area (Å²) in [5.74, 6) is 0. The van der Waals surface area contributed by atoms with Gasteiger partial charge in [-0.1, -0.05) is 19.3 Å². The Kier molecular flexibility index (Phi) is 2.83. The van der Waals surface area contributed by atoms with Crippen molar-refractivity contribution in [2.24, 2.45) is 12.8 Å². The SMILES string of the molecule is Cc1c(C2(CN)CCCCC2)cnn1C. The van der Waals surface area contributed by atoms with Crippen LogP contribution in [0.2, 0.25) is 0 Å². The highest BCUT2D eigenvalue weighted by atomic mass is 15.3. The molecule has 1 aromatic heterocycles. The maximum atomic E-state index is 6.01. The highest BCUT2D eigenvalue weighted by Crippen LogP contribution is 2.39. The molecule has 0 bridgehead atoms. The highest BCUT2D eigenvalue weighted by Gasteiger charge is 2.34. The van der Waals surface area contributed by atoms with E-state index in [1.165, 1.54) is 43.4 Å². The first-order valence-electron chi connectivity index (χ1n) is 5.89. The van der Waals surface area contributed by atoms with Crippen LogP contribution < -0.4 is 5.73 Å². The van der Waals surface area contributed by atoms with Gasteiger partial charge in [-0.15, -0.1) is 0 Å². The fraction of sp³-hybridized carbons (Fsp3) is 0.750. The average Bonchev–Trinajstić information content (AvgIpc) is 2.61. The van der Waals surface area contributed by atoms with Crippen molar-refractivity contribution in [3.8, 4) is 0 Å². The molecule has 0 amide bonds. The Morgan fingerprint density at radius 1 is 1.40 bits per heavy atom. The summed E-state index contributed by atoms with van der Waals surface area (Å²) in [6, 6.07) is 0. The predicted octanol–water partition coefficient (Wildman–Crippen LogP) is 1.89. The smallest absolute Gasteiger partial charge is 0.0530 e. The summed E-state index contributed by atoms with van der Waals surface area (Å²) in [6.45, 7) is 2.91. The fourth-order valence-electron chi connectivity index (χ4n) is 2.83. The second-order valence-corrected chi connectivity index (χ2v) is 4.81. The number of hydrogen-bond donors (Lipinski definition) is 1. The van der Waals surface area contributed by atoms with Crippen LogP contribution in [0.5, 0.6) is 0 Å². The molecule has 0 aromatic carbocycles. The van der Waals surface area contributed by atoms with E-state index in [1.807, 2.05) is 17.9 Å². The molecule has 1 saturated carbocycles. The van der Waals surface area contributed by atoms with Crippen molar-refractivity contribution in [3.63, 3.8) is 0 Å². The van der Waals surface area contributed by atoms with E-state index in [2.05, 4.69) is 12.0 Å². The number of nitrogens with two attached hydrogens (primary N) is 1. The molecule has 2 rings (SSSR count). The minimum atomic E-state index is 0.219. The Labute approximate surface area is 91.7 Å². The molecular weight excluding hydrogens is 186 g/mol. The lowest BCUT2D eigenvalue weighted by Gasteiger charge is -2.36. The lowest BCUT2D eigenvalue weighted by atomic mass is 9.69. The third-order valence-corrected chi connectivity index (χ3v) is 4.01. The van der Waals surface area contributed by atoms with Crippen LogP contribution in [0, 0.1) is 6.92 Å². The Morgan fingerprint density at radius 3 is 2.53 bits per heavy atom. The van der Waals surface area contributed by atoms with Gasteiger partial charge in [0.05, 0.1) is 6.20 Å². The Hall–Kier alpha value is -0.830. The van der Waals surface area contributed by atoms with E-state index in [0.717, 1.165) is 6.54 Å². The lowest BCUT2D eigenvalue weighted by molar-refractivity contribution is 0.299. The number of rotatable bonds is 2. The molecule has 1 aliphatic carbocycles. The Bertz CT molecular complexity index is 335. The summed E-state index contributed by atoms with van der Waals surface area (Å²) in [5, 5.41) is 4.35. The molecule has 1 heterocycles. The first-order chi connectivity index (χ1) is 7.19. The lowest BCUT2D eigenvalue weighted by Crippen LogP contribution is -2.37. The topological polar surface area (TPSA) is 43.8 Å². The number of aromatic nitrogens is 2. The van der Waals surface area contributed by atoms with Crippen LogP contribution in [0.1, 0.15) is 43.4 Å². The van der Waals surface area contributed by atoms with Crippen molar-refractivity contribution in [1.82, 2.24) is 9.78 Å². The van der Waals surface area contributed by atoms with E-state index in [0.29, 0.717) is 0 Å². The summed E-state index contributed by atoms with van der Waals surface area (Å²) >= 11 is 0. The van der Waals surface area contributed by atoms with Gasteiger partial charge in [0.1, 0.15) is 0 Å². The summed E-state index contributed by atoms with van der Waals surface area (Å²) in [7, 11) is 2.01. The van der Waals surface area contributed by atoms with Crippen LogP contribution in [0.3, 0.4) is 0 Å². The molecule has 2 N–H and O–H groups in total. The zero-order valence-corrected chi connectivity index (χ0v) is 9.79. The van der Waals surface area contributed by atoms with E-state index >= 15 is 0 Å². The number of hydrogen-bond acceptors (Lipinski definition) is 2. The third kappa shape index (κ3) is 1.69. The molecule has 15 heavy (non-hydrogen) atoms. The summed E-state index contributed by atoms with van der Waals surface area (Å²) in [6.07, 6.45) is 8.47. The monoisotopic (exact) mass is 207 g/mol. The van der Waals surface area contributed by atoms with E-state index in [1.54, 1.807) is 0 Å². The van der Waals surface area contributed by atoms with E-state index in [-0.39, 0.29) is 5.41 Å². The van der Waals surface area contributed by atoms with Crippen molar-refractivity contribution in [1.29, 1.82) is 0 Å². The minimum absolute atomic E-state index is 0.219. The van der Waals surface area contributed by atoms with Crippen molar-refractivity contribution >= 4 is 0 Å². The standard InChI is InChI=1S/C12H21N3/c1-10-11(8-14-15(10)2)12(9-13)6-4-3-5-7-12/h8H,3-7,9,13H2,1-2H3. The molecule has 3 heteroatoms. The molecule has 0 saturated heterocycles. The van der Waals surface area contributed by atoms with Gasteiger partial charge in [0, 0.05) is 30.3 Å². The molecule has 0 spiro atoms. The van der Waals surface area contributed by atoms with Crippen LogP contribution >= 0.6 is 0 Å². The maximum Gasteiger partial charge on any atom is 0.0530 e. The minimum Gasteiger partial charge on any atom is -0.330 e. The van der Waals surface area contributed by atoms with Crippen LogP contribution in [0.15, 0.2) is 6.20 Å². The zero-order valence-electron chi connectivity index (χ0n) is 9.79. The Morgan fingerprint density at radius 2 is 2.07 bits per heavy atom. The first kappa shape index (κ1) is 10.7. The molecule has 1 aromatic rings. The third-order valence-electron chi connectivity index (χ3n) is 4.01. The maximum absolute atomic E-state index is 6.01. The molecule has 84 valence electrons. The molecule has 0 radical (unpaired) electrons. The molecular formula is C12H21N3. The molecule has 1 aliphatic rings. The van der Waals surface area contributed by atoms with Crippen LogP contribution in [0.25, 0.3) is 0 Å². The van der Waals surface area contributed by atoms with Crippen molar-refractivity contribution < 1.29 is 0 Å². The van der Waals surface area contributed by atoms with Gasteiger partial charge in [0.25, 0.3) is 0 Å². The molecule has 0 atom stereocenters. The van der Waals surface area contributed by atoms with Crippen LogP contribution in [0.4, 0.5) is 0 Å². The Balaban J connectivity index is 2.36. The second kappa shape index (κ2) is 3.97. The van der Waals surface area contributed by atoms with Crippen LogP contribution in [-0.2, 0) is 12.5 Å². The van der Waals surface area contributed by atoms with Gasteiger partial charge in [-0.3, -0.25) is 4.68 Å². The van der Waals surface area contributed by atoms with Crippen LogP contribution in [-0.4, -0.2) is 16.3 Å². The van der Waals surface area contributed by atoms with Gasteiger partial charge in [0.2, 0.25) is 0 Å². The van der Waals surface area contributed by atoms with Gasteiger partial charge < -0.3 is 5.73 Å². The fourth-order valence-corrected chi connectivity index (χ4v) is 2.83. The number of nitrogens with zero attached hydrogens (tertiary/aromatic N) is 2. The quantitative estimate of drug-likeness (QED) is 0.804. The molecule has 0 aliphatic heterocycles. The van der Waals surface area contributed by atoms with Crippen molar-refractivity contribution in [2.45, 2.75) is 44.4 Å². The van der Waals surface area contributed by atoms with E-state index in [9.17, 15) is 0 Å². The average molecular weight is 207 g/mol. The number of aryl methyl sites for hydroxylation is 1. The summed E-state index contributed by atoms with van der Waals surface area (Å²) in [5.41, 5.74) is 8.89. The zero-order chi connectivity index (χ0) is 10.9. The normalized spacial score (nSPS) is 20.5. The summed E-state index contributed by atoms with van der Waals surface area (Å²) in [4.78, 5) is 0. The largest absolute Gasteiger partial charge is 0.330 e. The first-order valence-corrected chi connectivity index (χ1v) is 5.89. The molecule has 0 unspecified atom stereocenters. The summed E-state index contributed by atoms with van der Waals surface area (Å²) < 4.78 is 1.96. The van der Waals surface area contributed by atoms with E-state index < -0.39 is 0 Å². The molecule has 3 nitrogen and oxygen atoms in total. The van der Waals surface area contributed by atoms with Gasteiger partial charge in [-0.2, -0.15) is 5.10 Å². The second-order valence-electron chi connectivity index (χ2n) is 4.81. The molecule has 1 fully saturated rings. The van der Waals surface area contributed by atoms with Gasteiger partial charge in [-0.05, 0) is 19.8 Å².